The number of anilines is 2. The monoisotopic (exact) mass is 299 g/mol. The van der Waals surface area contributed by atoms with Crippen LogP contribution in [-0.4, -0.2) is 17.8 Å². The number of ether oxygens (including phenoxy) is 1. The smallest absolute Gasteiger partial charge is 0.416 e. The zero-order chi connectivity index (χ0) is 15.8. The second kappa shape index (κ2) is 8.08. The molecule has 0 aliphatic rings. The molecule has 0 heterocycles. The number of carbonyl (C=O) groups is 1. The van der Waals surface area contributed by atoms with Crippen LogP contribution in [0.5, 0.6) is 5.75 Å². The van der Waals surface area contributed by atoms with Crippen molar-refractivity contribution in [2.45, 2.75) is 26.2 Å². The van der Waals surface area contributed by atoms with Crippen LogP contribution in [0.15, 0.2) is 54.6 Å². The van der Waals surface area contributed by atoms with Crippen LogP contribution in [0, 0.1) is 0 Å². The summed E-state index contributed by atoms with van der Waals surface area (Å²) in [5.41, 5.74) is 1.21. The molecule has 0 unspecified atom stereocenters. The molecule has 0 fully saturated rings. The van der Waals surface area contributed by atoms with Gasteiger partial charge in [0.2, 0.25) is 0 Å². The third-order valence-corrected chi connectivity index (χ3v) is 3.32. The number of carboxylic acid groups (broad SMARTS) is 1. The highest BCUT2D eigenvalue weighted by Gasteiger charge is 2.16. The van der Waals surface area contributed by atoms with E-state index in [0.29, 0.717) is 18.0 Å². The lowest BCUT2D eigenvalue weighted by Gasteiger charge is -2.19. The molecule has 1 N–H and O–H groups in total. The van der Waals surface area contributed by atoms with Gasteiger partial charge in [0.1, 0.15) is 5.75 Å². The molecule has 0 atom stereocenters. The van der Waals surface area contributed by atoms with Crippen LogP contribution in [0.4, 0.5) is 16.2 Å². The lowest BCUT2D eigenvalue weighted by molar-refractivity contribution is 0.205. The molecule has 22 heavy (non-hydrogen) atoms. The number of unbranched alkanes of at least 4 members (excludes halogenated alkanes) is 2. The Balaban J connectivity index is 2.08. The zero-order valence-electron chi connectivity index (χ0n) is 12.7. The standard InChI is InChI=1S/C18H21NO3/c1-2-3-7-14-22-17-12-10-16(11-13-17)19(18(20)21)15-8-5-4-6-9-15/h4-6,8-13H,2-3,7,14H2,1H3,(H,20,21). The van der Waals surface area contributed by atoms with Gasteiger partial charge in [-0.25, -0.2) is 9.69 Å². The van der Waals surface area contributed by atoms with Gasteiger partial charge in [0.25, 0.3) is 0 Å². The fraction of sp³-hybridized carbons (Fsp3) is 0.278. The maximum Gasteiger partial charge on any atom is 0.416 e. The first-order valence-electron chi connectivity index (χ1n) is 7.53. The van der Waals surface area contributed by atoms with E-state index < -0.39 is 6.09 Å². The van der Waals surface area contributed by atoms with E-state index in [4.69, 9.17) is 4.74 Å². The zero-order valence-corrected chi connectivity index (χ0v) is 12.7. The molecular formula is C18H21NO3. The summed E-state index contributed by atoms with van der Waals surface area (Å²) in [5.74, 6) is 0.762. The van der Waals surface area contributed by atoms with Gasteiger partial charge in [0, 0.05) is 0 Å². The predicted octanol–water partition coefficient (Wildman–Crippen LogP) is 5.07. The van der Waals surface area contributed by atoms with Crippen molar-refractivity contribution in [1.82, 2.24) is 0 Å². The van der Waals surface area contributed by atoms with E-state index in [1.54, 1.807) is 36.4 Å². The number of benzene rings is 2. The van der Waals surface area contributed by atoms with E-state index >= 15 is 0 Å². The summed E-state index contributed by atoms with van der Waals surface area (Å²) < 4.78 is 5.64. The highest BCUT2D eigenvalue weighted by Crippen LogP contribution is 2.27. The molecule has 0 bridgehead atoms. The minimum atomic E-state index is -1.01. The second-order valence-electron chi connectivity index (χ2n) is 5.00. The molecule has 2 aromatic rings. The van der Waals surface area contributed by atoms with Gasteiger partial charge < -0.3 is 9.84 Å². The lowest BCUT2D eigenvalue weighted by Crippen LogP contribution is -2.23. The predicted molar refractivity (Wildman–Crippen MR) is 88.1 cm³/mol. The largest absolute Gasteiger partial charge is 0.494 e. The Morgan fingerprint density at radius 3 is 2.23 bits per heavy atom. The average Bonchev–Trinajstić information content (AvgIpc) is 2.54. The molecule has 0 radical (unpaired) electrons. The van der Waals surface area contributed by atoms with Crippen molar-refractivity contribution in [3.8, 4) is 5.75 Å². The van der Waals surface area contributed by atoms with E-state index in [1.807, 2.05) is 18.2 Å². The third-order valence-electron chi connectivity index (χ3n) is 3.32. The van der Waals surface area contributed by atoms with Gasteiger partial charge in [-0.1, -0.05) is 38.0 Å². The van der Waals surface area contributed by atoms with Crippen molar-refractivity contribution in [2.24, 2.45) is 0 Å². The summed E-state index contributed by atoms with van der Waals surface area (Å²) in [4.78, 5) is 12.8. The molecule has 1 amide bonds. The quantitative estimate of drug-likeness (QED) is 0.726. The summed E-state index contributed by atoms with van der Waals surface area (Å²) >= 11 is 0. The molecule has 2 aromatic carbocycles. The minimum absolute atomic E-state index is 0.597. The molecule has 0 aromatic heterocycles. The van der Waals surface area contributed by atoms with E-state index in [9.17, 15) is 9.90 Å². The number of nitrogens with zero attached hydrogens (tertiary/aromatic N) is 1. The summed E-state index contributed by atoms with van der Waals surface area (Å²) in [6, 6.07) is 16.2. The Hall–Kier alpha value is -2.49. The normalized spacial score (nSPS) is 10.2. The molecular weight excluding hydrogens is 278 g/mol. The second-order valence-corrected chi connectivity index (χ2v) is 5.00. The highest BCUT2D eigenvalue weighted by molar-refractivity contribution is 5.94. The molecule has 4 heteroatoms. The fourth-order valence-corrected chi connectivity index (χ4v) is 2.18. The Kier molecular flexibility index (Phi) is 5.83. The number of hydrogen-bond donors (Lipinski definition) is 1. The first kappa shape index (κ1) is 15.9. The molecule has 0 aliphatic carbocycles. The summed E-state index contributed by atoms with van der Waals surface area (Å²) in [7, 11) is 0. The van der Waals surface area contributed by atoms with E-state index in [0.717, 1.165) is 25.0 Å². The Bertz CT molecular complexity index is 581. The number of para-hydroxylation sites is 1. The Labute approximate surface area is 131 Å². The van der Waals surface area contributed by atoms with Crippen molar-refractivity contribution >= 4 is 17.5 Å². The van der Waals surface area contributed by atoms with Crippen molar-refractivity contribution in [1.29, 1.82) is 0 Å². The van der Waals surface area contributed by atoms with Crippen LogP contribution >= 0.6 is 0 Å². The van der Waals surface area contributed by atoms with Crippen LogP contribution in [0.1, 0.15) is 26.2 Å². The molecule has 0 saturated carbocycles. The van der Waals surface area contributed by atoms with Gasteiger partial charge in [0.15, 0.2) is 0 Å². The van der Waals surface area contributed by atoms with Crippen LogP contribution in [0.25, 0.3) is 0 Å². The van der Waals surface area contributed by atoms with E-state index in [-0.39, 0.29) is 0 Å². The van der Waals surface area contributed by atoms with Crippen molar-refractivity contribution < 1.29 is 14.6 Å². The van der Waals surface area contributed by atoms with E-state index in [2.05, 4.69) is 6.92 Å². The van der Waals surface area contributed by atoms with Crippen LogP contribution in [0.3, 0.4) is 0 Å². The number of hydrogen-bond acceptors (Lipinski definition) is 2. The maximum absolute atomic E-state index is 11.5. The molecule has 0 spiro atoms. The topological polar surface area (TPSA) is 49.8 Å². The van der Waals surface area contributed by atoms with Crippen LogP contribution in [0.2, 0.25) is 0 Å². The van der Waals surface area contributed by atoms with Gasteiger partial charge >= 0.3 is 6.09 Å². The van der Waals surface area contributed by atoms with Crippen molar-refractivity contribution in [3.05, 3.63) is 54.6 Å². The van der Waals surface area contributed by atoms with Crippen molar-refractivity contribution in [2.75, 3.05) is 11.5 Å². The van der Waals surface area contributed by atoms with Gasteiger partial charge in [-0.05, 0) is 42.8 Å². The van der Waals surface area contributed by atoms with Gasteiger partial charge in [-0.2, -0.15) is 0 Å². The Morgan fingerprint density at radius 2 is 1.64 bits per heavy atom. The number of rotatable bonds is 7. The minimum Gasteiger partial charge on any atom is -0.494 e. The molecule has 116 valence electrons. The first-order chi connectivity index (χ1) is 10.7. The first-order valence-corrected chi connectivity index (χ1v) is 7.53. The molecule has 2 rings (SSSR count). The Morgan fingerprint density at radius 1 is 1.00 bits per heavy atom. The van der Waals surface area contributed by atoms with Crippen LogP contribution < -0.4 is 9.64 Å². The summed E-state index contributed by atoms with van der Waals surface area (Å²) in [5, 5.41) is 9.44. The summed E-state index contributed by atoms with van der Waals surface area (Å²) in [6.45, 7) is 2.84. The van der Waals surface area contributed by atoms with Crippen LogP contribution in [-0.2, 0) is 0 Å². The molecule has 4 nitrogen and oxygen atoms in total. The highest BCUT2D eigenvalue weighted by atomic mass is 16.5. The van der Waals surface area contributed by atoms with Crippen molar-refractivity contribution in [3.63, 3.8) is 0 Å². The summed E-state index contributed by atoms with van der Waals surface area (Å²) in [6.07, 6.45) is 2.33. The average molecular weight is 299 g/mol. The lowest BCUT2D eigenvalue weighted by atomic mass is 10.2. The van der Waals surface area contributed by atoms with Gasteiger partial charge in [-0.15, -0.1) is 0 Å². The SMILES string of the molecule is CCCCCOc1ccc(N(C(=O)O)c2ccccc2)cc1. The van der Waals surface area contributed by atoms with E-state index in [1.165, 1.54) is 4.90 Å². The van der Waals surface area contributed by atoms with Gasteiger partial charge in [0.05, 0.1) is 18.0 Å². The van der Waals surface area contributed by atoms with Gasteiger partial charge in [-0.3, -0.25) is 0 Å². The fourth-order valence-electron chi connectivity index (χ4n) is 2.18. The molecule has 0 saturated heterocycles. The molecule has 0 aliphatic heterocycles. The third kappa shape index (κ3) is 4.25. The number of amides is 1. The maximum atomic E-state index is 11.5.